The number of nitrogens with one attached hydrogen (secondary N) is 1. The van der Waals surface area contributed by atoms with Crippen molar-refractivity contribution < 1.29 is 23.8 Å². The molecule has 0 fully saturated rings. The second kappa shape index (κ2) is 10.3. The molecule has 1 N–H and O–H groups in total. The number of hydrogen-bond acceptors (Lipinski definition) is 5. The summed E-state index contributed by atoms with van der Waals surface area (Å²) in [6.45, 7) is 3.66. The Labute approximate surface area is 165 Å². The Morgan fingerprint density at radius 3 is 2.36 bits per heavy atom. The number of benzene rings is 2. The Morgan fingerprint density at radius 1 is 1.04 bits per heavy atom. The summed E-state index contributed by atoms with van der Waals surface area (Å²) in [5, 5.41) is 2.69. The third kappa shape index (κ3) is 5.49. The van der Waals surface area contributed by atoms with Crippen molar-refractivity contribution in [1.29, 1.82) is 0 Å². The van der Waals surface area contributed by atoms with Gasteiger partial charge in [-0.2, -0.15) is 0 Å². The van der Waals surface area contributed by atoms with E-state index in [0.29, 0.717) is 17.2 Å². The monoisotopic (exact) mass is 385 g/mol. The second-order valence-electron chi connectivity index (χ2n) is 6.50. The minimum Gasteiger partial charge on any atom is -0.497 e. The van der Waals surface area contributed by atoms with Crippen molar-refractivity contribution >= 4 is 17.6 Å². The summed E-state index contributed by atoms with van der Waals surface area (Å²) in [4.78, 5) is 24.9. The molecule has 2 rings (SSSR count). The minimum absolute atomic E-state index is 0.0969. The van der Waals surface area contributed by atoms with Gasteiger partial charge in [0.15, 0.2) is 6.61 Å². The van der Waals surface area contributed by atoms with Gasteiger partial charge in [0.05, 0.1) is 25.8 Å². The fourth-order valence-electron chi connectivity index (χ4n) is 2.91. The first-order chi connectivity index (χ1) is 13.5. The SMILES string of the molecule is CC[C@@H](C)[C@H](C(=O)OCC(=O)Nc1ccc(OC)cc1OC)c1ccccc1. The minimum atomic E-state index is -0.437. The molecule has 0 unspecified atom stereocenters. The molecule has 28 heavy (non-hydrogen) atoms. The smallest absolute Gasteiger partial charge is 0.314 e. The Hall–Kier alpha value is -3.02. The maximum atomic E-state index is 12.7. The molecule has 2 atom stereocenters. The molecule has 0 aliphatic carbocycles. The van der Waals surface area contributed by atoms with Crippen molar-refractivity contribution in [3.8, 4) is 11.5 Å². The zero-order valence-corrected chi connectivity index (χ0v) is 16.7. The molecule has 150 valence electrons. The van der Waals surface area contributed by atoms with Gasteiger partial charge in [0.2, 0.25) is 0 Å². The van der Waals surface area contributed by atoms with Gasteiger partial charge in [-0.3, -0.25) is 9.59 Å². The van der Waals surface area contributed by atoms with Crippen LogP contribution >= 0.6 is 0 Å². The summed E-state index contributed by atoms with van der Waals surface area (Å²) >= 11 is 0. The van der Waals surface area contributed by atoms with Crippen LogP contribution in [-0.4, -0.2) is 32.7 Å². The maximum absolute atomic E-state index is 12.7. The highest BCUT2D eigenvalue weighted by atomic mass is 16.5. The average Bonchev–Trinajstić information content (AvgIpc) is 2.73. The highest BCUT2D eigenvalue weighted by Crippen LogP contribution is 2.30. The van der Waals surface area contributed by atoms with Crippen molar-refractivity contribution in [2.75, 3.05) is 26.1 Å². The number of rotatable bonds is 9. The van der Waals surface area contributed by atoms with Gasteiger partial charge in [-0.25, -0.2) is 0 Å². The van der Waals surface area contributed by atoms with Gasteiger partial charge in [-0.05, 0) is 23.6 Å². The molecular formula is C22H27NO5. The van der Waals surface area contributed by atoms with E-state index in [1.54, 1.807) is 25.3 Å². The Morgan fingerprint density at radius 2 is 1.75 bits per heavy atom. The molecule has 0 saturated carbocycles. The van der Waals surface area contributed by atoms with E-state index in [4.69, 9.17) is 14.2 Å². The number of esters is 1. The van der Waals surface area contributed by atoms with Gasteiger partial charge in [0.1, 0.15) is 11.5 Å². The lowest BCUT2D eigenvalue weighted by Gasteiger charge is -2.21. The van der Waals surface area contributed by atoms with E-state index in [1.807, 2.05) is 44.2 Å². The summed E-state index contributed by atoms with van der Waals surface area (Å²) in [7, 11) is 3.05. The topological polar surface area (TPSA) is 73.9 Å². The fraction of sp³-hybridized carbons (Fsp3) is 0.364. The molecule has 0 aliphatic rings. The van der Waals surface area contributed by atoms with Gasteiger partial charge < -0.3 is 19.5 Å². The van der Waals surface area contributed by atoms with E-state index in [2.05, 4.69) is 5.32 Å². The normalized spacial score (nSPS) is 12.6. The molecule has 0 spiro atoms. The number of anilines is 1. The first kappa shape index (κ1) is 21.3. The summed E-state index contributed by atoms with van der Waals surface area (Å²) in [5.41, 5.74) is 1.37. The first-order valence-corrected chi connectivity index (χ1v) is 9.23. The van der Waals surface area contributed by atoms with Crippen LogP contribution in [0.15, 0.2) is 48.5 Å². The number of amides is 1. The zero-order chi connectivity index (χ0) is 20.5. The molecule has 0 saturated heterocycles. The van der Waals surface area contributed by atoms with Crippen LogP contribution in [0.3, 0.4) is 0 Å². The largest absolute Gasteiger partial charge is 0.497 e. The van der Waals surface area contributed by atoms with Gasteiger partial charge in [0, 0.05) is 6.07 Å². The number of carbonyl (C=O) groups is 2. The van der Waals surface area contributed by atoms with Crippen LogP contribution < -0.4 is 14.8 Å². The van der Waals surface area contributed by atoms with Crippen LogP contribution in [0.2, 0.25) is 0 Å². The first-order valence-electron chi connectivity index (χ1n) is 9.23. The molecule has 0 heterocycles. The summed E-state index contributed by atoms with van der Waals surface area (Å²) < 4.78 is 15.7. The van der Waals surface area contributed by atoms with E-state index in [-0.39, 0.29) is 12.5 Å². The fourth-order valence-corrected chi connectivity index (χ4v) is 2.91. The summed E-state index contributed by atoms with van der Waals surface area (Å²) in [6.07, 6.45) is 0.823. The second-order valence-corrected chi connectivity index (χ2v) is 6.50. The van der Waals surface area contributed by atoms with E-state index in [1.165, 1.54) is 7.11 Å². The third-order valence-corrected chi connectivity index (χ3v) is 4.65. The van der Waals surface area contributed by atoms with Gasteiger partial charge in [-0.15, -0.1) is 0 Å². The van der Waals surface area contributed by atoms with E-state index >= 15 is 0 Å². The molecule has 2 aromatic rings. The summed E-state index contributed by atoms with van der Waals surface area (Å²) in [5.74, 6) is -0.0827. The van der Waals surface area contributed by atoms with Crippen LogP contribution in [0, 0.1) is 5.92 Å². The lowest BCUT2D eigenvalue weighted by Crippen LogP contribution is -2.27. The Balaban J connectivity index is 2.02. The van der Waals surface area contributed by atoms with Crippen LogP contribution in [0.5, 0.6) is 11.5 Å². The molecule has 6 nitrogen and oxygen atoms in total. The van der Waals surface area contributed by atoms with Crippen LogP contribution in [-0.2, 0) is 14.3 Å². The van der Waals surface area contributed by atoms with Crippen molar-refractivity contribution in [1.82, 2.24) is 0 Å². The zero-order valence-electron chi connectivity index (χ0n) is 16.7. The molecule has 6 heteroatoms. The van der Waals surface area contributed by atoms with Crippen LogP contribution in [0.25, 0.3) is 0 Å². The van der Waals surface area contributed by atoms with E-state index < -0.39 is 17.8 Å². The molecule has 1 amide bonds. The number of ether oxygens (including phenoxy) is 3. The highest BCUT2D eigenvalue weighted by molar-refractivity contribution is 5.94. The number of methoxy groups -OCH3 is 2. The Kier molecular flexibility index (Phi) is 7.87. The number of hydrogen-bond donors (Lipinski definition) is 1. The molecular weight excluding hydrogens is 358 g/mol. The standard InChI is InChI=1S/C22H27NO5/c1-5-15(2)21(16-9-7-6-8-10-16)22(25)28-14-20(24)23-18-12-11-17(26-3)13-19(18)27-4/h6-13,15,21H,5,14H2,1-4H3,(H,23,24)/t15-,21+/m1/s1. The number of carbonyl (C=O) groups excluding carboxylic acids is 2. The van der Waals surface area contributed by atoms with Crippen LogP contribution in [0.4, 0.5) is 5.69 Å². The van der Waals surface area contributed by atoms with Crippen LogP contribution in [0.1, 0.15) is 31.7 Å². The van der Waals surface area contributed by atoms with E-state index in [0.717, 1.165) is 12.0 Å². The summed E-state index contributed by atoms with van der Waals surface area (Å²) in [6, 6.07) is 14.5. The maximum Gasteiger partial charge on any atom is 0.314 e. The molecule has 2 aromatic carbocycles. The predicted molar refractivity (Wildman–Crippen MR) is 108 cm³/mol. The van der Waals surface area contributed by atoms with Gasteiger partial charge in [0.25, 0.3) is 5.91 Å². The van der Waals surface area contributed by atoms with Gasteiger partial charge in [-0.1, -0.05) is 50.6 Å². The average molecular weight is 385 g/mol. The van der Waals surface area contributed by atoms with Crippen molar-refractivity contribution in [3.05, 3.63) is 54.1 Å². The predicted octanol–water partition coefficient (Wildman–Crippen LogP) is 4.02. The molecule has 0 radical (unpaired) electrons. The Bertz CT molecular complexity index is 791. The third-order valence-electron chi connectivity index (χ3n) is 4.65. The van der Waals surface area contributed by atoms with Crippen molar-refractivity contribution in [2.45, 2.75) is 26.2 Å². The molecule has 0 aromatic heterocycles. The van der Waals surface area contributed by atoms with Gasteiger partial charge >= 0.3 is 5.97 Å². The lowest BCUT2D eigenvalue weighted by molar-refractivity contribution is -0.150. The molecule has 0 bridgehead atoms. The highest BCUT2D eigenvalue weighted by Gasteiger charge is 2.27. The molecule has 0 aliphatic heterocycles. The van der Waals surface area contributed by atoms with Crippen molar-refractivity contribution in [3.63, 3.8) is 0 Å². The lowest BCUT2D eigenvalue weighted by atomic mass is 9.86. The van der Waals surface area contributed by atoms with E-state index in [9.17, 15) is 9.59 Å². The van der Waals surface area contributed by atoms with Crippen molar-refractivity contribution in [2.24, 2.45) is 5.92 Å². The quantitative estimate of drug-likeness (QED) is 0.660.